The van der Waals surface area contributed by atoms with Crippen LogP contribution in [-0.2, 0) is 6.54 Å². The molecule has 1 saturated carbocycles. The maximum atomic E-state index is 10.6. The topological polar surface area (TPSA) is 29.1 Å². The molecule has 3 heteroatoms. The fourth-order valence-corrected chi connectivity index (χ4v) is 3.25. The summed E-state index contributed by atoms with van der Waals surface area (Å²) in [7, 11) is 0. The molecule has 0 radical (unpaired) electrons. The van der Waals surface area contributed by atoms with E-state index in [0.29, 0.717) is 12.0 Å². The highest BCUT2D eigenvalue weighted by Gasteiger charge is 2.37. The fraction of sp³-hybridized carbons (Fsp3) is 0.312. The zero-order valence-electron chi connectivity index (χ0n) is 10.9. The van der Waals surface area contributed by atoms with Crippen molar-refractivity contribution >= 4 is 17.6 Å². The maximum Gasteiger partial charge on any atom is 0.150 e. The highest BCUT2D eigenvalue weighted by molar-refractivity contribution is 7.10. The van der Waals surface area contributed by atoms with Crippen molar-refractivity contribution < 1.29 is 4.79 Å². The van der Waals surface area contributed by atoms with Crippen molar-refractivity contribution in [1.82, 2.24) is 5.32 Å². The molecule has 3 rings (SSSR count). The zero-order valence-corrected chi connectivity index (χ0v) is 11.7. The molecular formula is C16H17NOS. The number of hydrogen-bond donors (Lipinski definition) is 1. The Morgan fingerprint density at radius 3 is 2.79 bits per heavy atom. The van der Waals surface area contributed by atoms with Crippen molar-refractivity contribution in [3.63, 3.8) is 0 Å². The standard InChI is InChI=1S/C16H17NOS/c1-11-6-14(19-10-11)8-17-16-7-15(16)13-4-2-12(9-18)3-5-13/h2-6,9-10,15-17H,7-8H2,1H3. The summed E-state index contributed by atoms with van der Waals surface area (Å²) in [5, 5.41) is 5.80. The first-order valence-corrected chi connectivity index (χ1v) is 7.47. The van der Waals surface area contributed by atoms with Crippen LogP contribution >= 0.6 is 11.3 Å². The molecule has 1 fully saturated rings. The van der Waals surface area contributed by atoms with Crippen LogP contribution < -0.4 is 5.32 Å². The van der Waals surface area contributed by atoms with E-state index in [1.165, 1.54) is 22.4 Å². The Balaban J connectivity index is 1.54. The van der Waals surface area contributed by atoms with Gasteiger partial charge in [0.2, 0.25) is 0 Å². The molecule has 0 amide bonds. The van der Waals surface area contributed by atoms with E-state index in [4.69, 9.17) is 0 Å². The Morgan fingerprint density at radius 2 is 2.16 bits per heavy atom. The lowest BCUT2D eigenvalue weighted by Crippen LogP contribution is -2.16. The average Bonchev–Trinajstić information content (AvgIpc) is 3.11. The maximum absolute atomic E-state index is 10.6. The Hall–Kier alpha value is -1.45. The Morgan fingerprint density at radius 1 is 1.37 bits per heavy atom. The van der Waals surface area contributed by atoms with Gasteiger partial charge in [0.1, 0.15) is 6.29 Å². The second-order valence-electron chi connectivity index (χ2n) is 5.20. The predicted molar refractivity (Wildman–Crippen MR) is 78.9 cm³/mol. The molecule has 0 saturated heterocycles. The summed E-state index contributed by atoms with van der Waals surface area (Å²) >= 11 is 1.82. The highest BCUT2D eigenvalue weighted by atomic mass is 32.1. The van der Waals surface area contributed by atoms with Crippen molar-refractivity contribution in [1.29, 1.82) is 0 Å². The van der Waals surface area contributed by atoms with Crippen LogP contribution in [-0.4, -0.2) is 12.3 Å². The smallest absolute Gasteiger partial charge is 0.150 e. The Labute approximate surface area is 117 Å². The molecule has 2 atom stereocenters. The molecule has 0 bridgehead atoms. The quantitative estimate of drug-likeness (QED) is 0.843. The molecule has 1 heterocycles. The number of aryl methyl sites for hydroxylation is 1. The first-order chi connectivity index (χ1) is 9.26. The van der Waals surface area contributed by atoms with Gasteiger partial charge in [0.15, 0.2) is 0 Å². The first-order valence-electron chi connectivity index (χ1n) is 6.59. The number of carbonyl (C=O) groups excluding carboxylic acids is 1. The summed E-state index contributed by atoms with van der Waals surface area (Å²) in [6, 6.07) is 10.8. The van der Waals surface area contributed by atoms with Crippen LogP contribution in [0.5, 0.6) is 0 Å². The minimum absolute atomic E-state index is 0.587. The Kier molecular flexibility index (Phi) is 3.49. The van der Waals surface area contributed by atoms with Gasteiger partial charge in [-0.3, -0.25) is 4.79 Å². The van der Waals surface area contributed by atoms with Crippen LogP contribution in [0.4, 0.5) is 0 Å². The molecule has 1 aromatic heterocycles. The van der Waals surface area contributed by atoms with Crippen LogP contribution in [0.3, 0.4) is 0 Å². The van der Waals surface area contributed by atoms with Crippen LogP contribution in [0, 0.1) is 6.92 Å². The fourth-order valence-electron chi connectivity index (χ4n) is 2.43. The van der Waals surface area contributed by atoms with Crippen LogP contribution in [0.15, 0.2) is 35.7 Å². The number of thiophene rings is 1. The zero-order chi connectivity index (χ0) is 13.2. The summed E-state index contributed by atoms with van der Waals surface area (Å²) in [6.45, 7) is 3.10. The lowest BCUT2D eigenvalue weighted by molar-refractivity contribution is 0.112. The molecule has 1 aliphatic rings. The van der Waals surface area contributed by atoms with E-state index < -0.39 is 0 Å². The summed E-state index contributed by atoms with van der Waals surface area (Å²) < 4.78 is 0. The SMILES string of the molecule is Cc1csc(CNC2CC2c2ccc(C=O)cc2)c1. The molecule has 98 valence electrons. The van der Waals surface area contributed by atoms with Crippen LogP contribution in [0.25, 0.3) is 0 Å². The van der Waals surface area contributed by atoms with Crippen molar-refractivity contribution in [2.24, 2.45) is 0 Å². The summed E-state index contributed by atoms with van der Waals surface area (Å²) in [5.74, 6) is 0.613. The molecule has 0 spiro atoms. The third-order valence-electron chi connectivity index (χ3n) is 3.61. The minimum Gasteiger partial charge on any atom is -0.308 e. The second-order valence-corrected chi connectivity index (χ2v) is 6.20. The summed E-state index contributed by atoms with van der Waals surface area (Å²) in [5.41, 5.74) is 3.44. The van der Waals surface area contributed by atoms with E-state index in [1.807, 2.05) is 23.5 Å². The van der Waals surface area contributed by atoms with Crippen molar-refractivity contribution in [3.8, 4) is 0 Å². The molecule has 2 aromatic rings. The van der Waals surface area contributed by atoms with E-state index in [2.05, 4.69) is 35.8 Å². The number of hydrogen-bond acceptors (Lipinski definition) is 3. The molecular weight excluding hydrogens is 254 g/mol. The predicted octanol–water partition coefficient (Wildman–Crippen LogP) is 3.51. The highest BCUT2D eigenvalue weighted by Crippen LogP contribution is 2.41. The largest absolute Gasteiger partial charge is 0.308 e. The lowest BCUT2D eigenvalue weighted by Gasteiger charge is -2.03. The third-order valence-corrected chi connectivity index (χ3v) is 4.67. The van der Waals surface area contributed by atoms with Crippen LogP contribution in [0.1, 0.15) is 38.7 Å². The Bertz CT molecular complexity index is 573. The second kappa shape index (κ2) is 5.27. The molecule has 1 aromatic carbocycles. The van der Waals surface area contributed by atoms with Gasteiger partial charge in [0, 0.05) is 28.9 Å². The number of aldehydes is 1. The van der Waals surface area contributed by atoms with Crippen LogP contribution in [0.2, 0.25) is 0 Å². The molecule has 0 aliphatic heterocycles. The first kappa shape index (κ1) is 12.6. The molecule has 2 nitrogen and oxygen atoms in total. The van der Waals surface area contributed by atoms with Crippen molar-refractivity contribution in [3.05, 3.63) is 57.3 Å². The van der Waals surface area contributed by atoms with Gasteiger partial charge in [0.05, 0.1) is 0 Å². The van der Waals surface area contributed by atoms with Gasteiger partial charge in [-0.05, 0) is 35.9 Å². The summed E-state index contributed by atoms with van der Waals surface area (Å²) in [4.78, 5) is 12.0. The number of nitrogens with one attached hydrogen (secondary N) is 1. The number of rotatable bonds is 5. The van der Waals surface area contributed by atoms with Gasteiger partial charge in [-0.25, -0.2) is 0 Å². The monoisotopic (exact) mass is 271 g/mol. The van der Waals surface area contributed by atoms with Gasteiger partial charge in [-0.1, -0.05) is 24.3 Å². The minimum atomic E-state index is 0.587. The van der Waals surface area contributed by atoms with Gasteiger partial charge in [0.25, 0.3) is 0 Å². The average molecular weight is 271 g/mol. The van der Waals surface area contributed by atoms with Crippen molar-refractivity contribution in [2.45, 2.75) is 31.8 Å². The van der Waals surface area contributed by atoms with E-state index in [9.17, 15) is 4.79 Å². The molecule has 1 N–H and O–H groups in total. The summed E-state index contributed by atoms with van der Waals surface area (Å²) in [6.07, 6.45) is 2.09. The molecule has 19 heavy (non-hydrogen) atoms. The van der Waals surface area contributed by atoms with E-state index in [0.717, 1.165) is 18.4 Å². The normalized spacial score (nSPS) is 21.3. The lowest BCUT2D eigenvalue weighted by atomic mass is 10.1. The van der Waals surface area contributed by atoms with E-state index in [-0.39, 0.29) is 0 Å². The van der Waals surface area contributed by atoms with Crippen molar-refractivity contribution in [2.75, 3.05) is 0 Å². The van der Waals surface area contributed by atoms with Gasteiger partial charge in [-0.15, -0.1) is 11.3 Å². The number of carbonyl (C=O) groups is 1. The molecule has 1 aliphatic carbocycles. The molecule has 2 unspecified atom stereocenters. The van der Waals surface area contributed by atoms with Gasteiger partial charge in [-0.2, -0.15) is 0 Å². The third kappa shape index (κ3) is 2.94. The number of benzene rings is 1. The van der Waals surface area contributed by atoms with E-state index in [1.54, 1.807) is 0 Å². The van der Waals surface area contributed by atoms with E-state index >= 15 is 0 Å². The van der Waals surface area contributed by atoms with Gasteiger partial charge >= 0.3 is 0 Å². The van der Waals surface area contributed by atoms with Gasteiger partial charge < -0.3 is 5.32 Å².